The van der Waals surface area contributed by atoms with E-state index in [1.807, 2.05) is 43.4 Å². The molecule has 2 aromatic carbocycles. The molecule has 0 amide bonds. The van der Waals surface area contributed by atoms with Gasteiger partial charge in [0, 0.05) is 16.1 Å². The molecule has 2 aromatic heterocycles. The maximum atomic E-state index is 5.85. The number of nitrogens with zero attached hydrogens (tertiary/aromatic N) is 6. The van der Waals surface area contributed by atoms with Gasteiger partial charge in [0.05, 0.1) is 12.2 Å². The van der Waals surface area contributed by atoms with Crippen LogP contribution in [0.1, 0.15) is 24.4 Å². The van der Waals surface area contributed by atoms with Crippen LogP contribution < -0.4 is 0 Å². The summed E-state index contributed by atoms with van der Waals surface area (Å²) >= 11 is 3.46. The first-order valence-electron chi connectivity index (χ1n) is 8.83. The van der Waals surface area contributed by atoms with Crippen molar-refractivity contribution in [3.63, 3.8) is 0 Å². The zero-order valence-electron chi connectivity index (χ0n) is 15.5. The normalized spacial score (nSPS) is 12.4. The monoisotopic (exact) mass is 438 g/mol. The Bertz CT molecular complexity index is 1040. The van der Waals surface area contributed by atoms with E-state index in [2.05, 4.69) is 60.2 Å². The molecule has 0 aliphatic heterocycles. The summed E-state index contributed by atoms with van der Waals surface area (Å²) in [5.74, 6) is 1.11. The van der Waals surface area contributed by atoms with Gasteiger partial charge >= 0.3 is 0 Å². The average molecular weight is 439 g/mol. The minimum Gasteiger partial charge on any atom is -0.419 e. The highest BCUT2D eigenvalue weighted by Gasteiger charge is 2.16. The van der Waals surface area contributed by atoms with Gasteiger partial charge in [-0.2, -0.15) is 5.10 Å². The summed E-state index contributed by atoms with van der Waals surface area (Å²) in [6.07, 6.45) is 3.21. The van der Waals surface area contributed by atoms with Crippen molar-refractivity contribution in [3.05, 3.63) is 77.1 Å². The molecule has 0 radical (unpaired) electrons. The van der Waals surface area contributed by atoms with Gasteiger partial charge in [-0.25, -0.2) is 9.67 Å². The summed E-state index contributed by atoms with van der Waals surface area (Å²) in [6, 6.07) is 16.3. The summed E-state index contributed by atoms with van der Waals surface area (Å²) < 4.78 is 8.56. The fourth-order valence-electron chi connectivity index (χ4n) is 2.91. The van der Waals surface area contributed by atoms with E-state index in [9.17, 15) is 0 Å². The standard InChI is InChI=1S/C20H19BrN6O/c1-14(15-6-8-18(9-7-15)27-13-22-12-23-27)26(2)11-19-24-25-20(28-19)16-4-3-5-17(21)10-16/h3-10,12-14H,11H2,1-2H3. The van der Waals surface area contributed by atoms with Crippen molar-refractivity contribution in [1.82, 2.24) is 29.9 Å². The van der Waals surface area contributed by atoms with Gasteiger partial charge < -0.3 is 4.42 Å². The molecule has 2 heterocycles. The van der Waals surface area contributed by atoms with Crippen LogP contribution in [0.3, 0.4) is 0 Å². The quantitative estimate of drug-likeness (QED) is 0.447. The molecule has 4 rings (SSSR count). The molecule has 1 unspecified atom stereocenters. The molecule has 0 saturated carbocycles. The first-order valence-corrected chi connectivity index (χ1v) is 9.63. The summed E-state index contributed by atoms with van der Waals surface area (Å²) in [7, 11) is 2.04. The van der Waals surface area contributed by atoms with E-state index in [1.165, 1.54) is 11.9 Å². The van der Waals surface area contributed by atoms with E-state index >= 15 is 0 Å². The molecule has 0 aliphatic carbocycles. The van der Waals surface area contributed by atoms with Gasteiger partial charge in [-0.1, -0.05) is 34.1 Å². The van der Waals surface area contributed by atoms with Crippen LogP contribution in [0, 0.1) is 0 Å². The van der Waals surface area contributed by atoms with Crippen molar-refractivity contribution in [2.24, 2.45) is 0 Å². The van der Waals surface area contributed by atoms with E-state index in [-0.39, 0.29) is 6.04 Å². The SMILES string of the molecule is CC(c1ccc(-n2cncn2)cc1)N(C)Cc1nnc(-c2cccc(Br)c2)o1. The molecule has 142 valence electrons. The molecule has 1 atom stereocenters. The molecule has 8 heteroatoms. The molecule has 0 spiro atoms. The van der Waals surface area contributed by atoms with Gasteiger partial charge in [-0.05, 0) is 49.9 Å². The second-order valence-corrected chi connectivity index (χ2v) is 7.45. The Morgan fingerprint density at radius 3 is 2.68 bits per heavy atom. The highest BCUT2D eigenvalue weighted by atomic mass is 79.9. The molecule has 4 aromatic rings. The summed E-state index contributed by atoms with van der Waals surface area (Å²) in [4.78, 5) is 6.15. The van der Waals surface area contributed by atoms with Gasteiger partial charge in [0.25, 0.3) is 0 Å². The lowest BCUT2D eigenvalue weighted by atomic mass is 10.1. The molecular formula is C20H19BrN6O. The topological polar surface area (TPSA) is 72.9 Å². The van der Waals surface area contributed by atoms with E-state index < -0.39 is 0 Å². The maximum Gasteiger partial charge on any atom is 0.247 e. The Kier molecular flexibility index (Phi) is 5.31. The number of aromatic nitrogens is 5. The maximum absolute atomic E-state index is 5.85. The first kappa shape index (κ1) is 18.5. The van der Waals surface area contributed by atoms with Crippen molar-refractivity contribution < 1.29 is 4.42 Å². The van der Waals surface area contributed by atoms with Gasteiger partial charge in [0.2, 0.25) is 11.8 Å². The molecule has 0 N–H and O–H groups in total. The lowest BCUT2D eigenvalue weighted by Crippen LogP contribution is -2.22. The van der Waals surface area contributed by atoms with Crippen molar-refractivity contribution in [1.29, 1.82) is 0 Å². The van der Waals surface area contributed by atoms with Crippen LogP contribution in [0.25, 0.3) is 17.1 Å². The number of hydrogen-bond donors (Lipinski definition) is 0. The molecule has 0 aliphatic rings. The second kappa shape index (κ2) is 8.04. The highest BCUT2D eigenvalue weighted by molar-refractivity contribution is 9.10. The molecule has 0 fully saturated rings. The van der Waals surface area contributed by atoms with Crippen LogP contribution >= 0.6 is 15.9 Å². The Morgan fingerprint density at radius 2 is 1.96 bits per heavy atom. The summed E-state index contributed by atoms with van der Waals surface area (Å²) in [5.41, 5.74) is 3.07. The lowest BCUT2D eigenvalue weighted by Gasteiger charge is -2.23. The Morgan fingerprint density at radius 1 is 1.14 bits per heavy atom. The van der Waals surface area contributed by atoms with Crippen molar-refractivity contribution in [3.8, 4) is 17.1 Å². The number of rotatable bonds is 6. The van der Waals surface area contributed by atoms with E-state index in [1.54, 1.807) is 11.0 Å². The van der Waals surface area contributed by atoms with Crippen molar-refractivity contribution in [2.75, 3.05) is 7.05 Å². The van der Waals surface area contributed by atoms with Crippen molar-refractivity contribution in [2.45, 2.75) is 19.5 Å². The minimum absolute atomic E-state index is 0.186. The third kappa shape index (κ3) is 4.02. The van der Waals surface area contributed by atoms with Crippen LogP contribution in [0.4, 0.5) is 0 Å². The van der Waals surface area contributed by atoms with Gasteiger partial charge in [0.15, 0.2) is 0 Å². The van der Waals surface area contributed by atoms with Crippen LogP contribution in [-0.2, 0) is 6.54 Å². The molecular weight excluding hydrogens is 420 g/mol. The van der Waals surface area contributed by atoms with Crippen LogP contribution in [0.5, 0.6) is 0 Å². The van der Waals surface area contributed by atoms with E-state index in [0.717, 1.165) is 15.7 Å². The minimum atomic E-state index is 0.186. The smallest absolute Gasteiger partial charge is 0.247 e. The third-order valence-corrected chi connectivity index (χ3v) is 5.14. The lowest BCUT2D eigenvalue weighted by molar-refractivity contribution is 0.228. The Labute approximate surface area is 171 Å². The fourth-order valence-corrected chi connectivity index (χ4v) is 3.31. The predicted octanol–water partition coefficient (Wildman–Crippen LogP) is 4.27. The number of benzene rings is 2. The Balaban J connectivity index is 1.44. The zero-order valence-corrected chi connectivity index (χ0v) is 17.1. The van der Waals surface area contributed by atoms with Gasteiger partial charge in [-0.3, -0.25) is 4.90 Å². The molecule has 28 heavy (non-hydrogen) atoms. The number of hydrogen-bond acceptors (Lipinski definition) is 6. The molecule has 7 nitrogen and oxygen atoms in total. The van der Waals surface area contributed by atoms with Crippen LogP contribution in [-0.4, -0.2) is 36.9 Å². The predicted molar refractivity (Wildman–Crippen MR) is 109 cm³/mol. The van der Waals surface area contributed by atoms with Gasteiger partial charge in [-0.15, -0.1) is 10.2 Å². The second-order valence-electron chi connectivity index (χ2n) is 6.53. The fraction of sp³-hybridized carbons (Fsp3) is 0.200. The molecule has 0 saturated heterocycles. The Hall–Kier alpha value is -2.84. The van der Waals surface area contributed by atoms with Crippen LogP contribution in [0.15, 0.2) is 70.1 Å². The molecule has 0 bridgehead atoms. The summed E-state index contributed by atoms with van der Waals surface area (Å²) in [5, 5.41) is 12.5. The third-order valence-electron chi connectivity index (χ3n) is 4.64. The number of halogens is 1. The average Bonchev–Trinajstić information content (AvgIpc) is 3.40. The zero-order chi connectivity index (χ0) is 19.5. The van der Waals surface area contributed by atoms with Crippen LogP contribution in [0.2, 0.25) is 0 Å². The van der Waals surface area contributed by atoms with Gasteiger partial charge in [0.1, 0.15) is 12.7 Å². The highest BCUT2D eigenvalue weighted by Crippen LogP contribution is 2.24. The largest absolute Gasteiger partial charge is 0.419 e. The van der Waals surface area contributed by atoms with E-state index in [0.29, 0.717) is 18.3 Å². The van der Waals surface area contributed by atoms with E-state index in [4.69, 9.17) is 4.42 Å². The summed E-state index contributed by atoms with van der Waals surface area (Å²) in [6.45, 7) is 2.71. The first-order chi connectivity index (χ1) is 13.6. The van der Waals surface area contributed by atoms with Crippen molar-refractivity contribution >= 4 is 15.9 Å².